The third-order valence-electron chi connectivity index (χ3n) is 4.63. The number of anilines is 1. The smallest absolute Gasteiger partial charge is 0.360 e. The van der Waals surface area contributed by atoms with Crippen LogP contribution in [-0.2, 0) is 4.74 Å². The highest BCUT2D eigenvalue weighted by Crippen LogP contribution is 2.26. The standard InChI is InChI=1S/C19H21FN6O2/c1-2-28-19(27)16-15(20)18(23-12-6-5-8-21-10-12)25-17(24-16)13-11-22-26-9-4-3-7-14(13)26/h3-4,7,9,11-12,21H,2,5-6,8,10H2,1H3,(H,23,24,25)/t12-/m1/s1. The molecule has 0 amide bonds. The lowest BCUT2D eigenvalue weighted by atomic mass is 10.1. The molecule has 0 aromatic carbocycles. The summed E-state index contributed by atoms with van der Waals surface area (Å²) in [5.74, 6) is -1.40. The Bertz CT molecular complexity index is 999. The fourth-order valence-electron chi connectivity index (χ4n) is 3.27. The molecule has 0 saturated carbocycles. The van der Waals surface area contributed by atoms with Crippen LogP contribution < -0.4 is 10.6 Å². The van der Waals surface area contributed by atoms with Crippen molar-refractivity contribution in [1.29, 1.82) is 0 Å². The summed E-state index contributed by atoms with van der Waals surface area (Å²) in [7, 11) is 0. The average molecular weight is 384 g/mol. The van der Waals surface area contributed by atoms with E-state index in [1.807, 2.05) is 18.2 Å². The Labute approximate surface area is 161 Å². The van der Waals surface area contributed by atoms with Gasteiger partial charge < -0.3 is 15.4 Å². The molecular formula is C19H21FN6O2. The van der Waals surface area contributed by atoms with E-state index in [0.717, 1.165) is 24.9 Å². The van der Waals surface area contributed by atoms with Gasteiger partial charge in [-0.25, -0.2) is 23.7 Å². The number of halogens is 1. The van der Waals surface area contributed by atoms with Crippen LogP contribution in [0.25, 0.3) is 16.9 Å². The van der Waals surface area contributed by atoms with Crippen molar-refractivity contribution >= 4 is 17.3 Å². The molecule has 0 unspecified atom stereocenters. The van der Waals surface area contributed by atoms with Gasteiger partial charge in [-0.15, -0.1) is 0 Å². The molecule has 8 nitrogen and oxygen atoms in total. The number of esters is 1. The quantitative estimate of drug-likeness (QED) is 0.652. The number of fused-ring (bicyclic) bond motifs is 1. The highest BCUT2D eigenvalue weighted by atomic mass is 19.1. The maximum Gasteiger partial charge on any atom is 0.360 e. The van der Waals surface area contributed by atoms with Crippen molar-refractivity contribution < 1.29 is 13.9 Å². The molecule has 1 fully saturated rings. The second-order valence-electron chi connectivity index (χ2n) is 6.56. The molecule has 9 heteroatoms. The summed E-state index contributed by atoms with van der Waals surface area (Å²) >= 11 is 0. The zero-order valence-corrected chi connectivity index (χ0v) is 15.5. The molecule has 4 heterocycles. The molecule has 0 aliphatic carbocycles. The second-order valence-corrected chi connectivity index (χ2v) is 6.56. The van der Waals surface area contributed by atoms with Crippen molar-refractivity contribution in [2.24, 2.45) is 0 Å². The van der Waals surface area contributed by atoms with Gasteiger partial charge >= 0.3 is 5.97 Å². The van der Waals surface area contributed by atoms with Crippen LogP contribution in [0.2, 0.25) is 0 Å². The Morgan fingerprint density at radius 1 is 1.43 bits per heavy atom. The summed E-state index contributed by atoms with van der Waals surface area (Å²) < 4.78 is 21.7. The summed E-state index contributed by atoms with van der Waals surface area (Å²) in [5, 5.41) is 10.6. The lowest BCUT2D eigenvalue weighted by molar-refractivity contribution is 0.0513. The fraction of sp³-hybridized carbons (Fsp3) is 0.368. The lowest BCUT2D eigenvalue weighted by Gasteiger charge is -2.24. The molecule has 1 aliphatic rings. The first kappa shape index (κ1) is 18.3. The van der Waals surface area contributed by atoms with Crippen LogP contribution in [-0.4, -0.2) is 51.3 Å². The predicted molar refractivity (Wildman–Crippen MR) is 102 cm³/mol. The van der Waals surface area contributed by atoms with Crippen LogP contribution in [0.5, 0.6) is 0 Å². The molecule has 1 aliphatic heterocycles. The molecular weight excluding hydrogens is 363 g/mol. The van der Waals surface area contributed by atoms with E-state index in [0.29, 0.717) is 12.1 Å². The summed E-state index contributed by atoms with van der Waals surface area (Å²) in [6, 6.07) is 5.59. The molecule has 3 aromatic rings. The van der Waals surface area contributed by atoms with Crippen LogP contribution in [0, 0.1) is 5.82 Å². The van der Waals surface area contributed by atoms with Crippen LogP contribution >= 0.6 is 0 Å². The van der Waals surface area contributed by atoms with E-state index in [1.165, 1.54) is 0 Å². The van der Waals surface area contributed by atoms with Crippen molar-refractivity contribution in [2.75, 3.05) is 25.0 Å². The zero-order valence-electron chi connectivity index (χ0n) is 15.5. The maximum absolute atomic E-state index is 15.0. The average Bonchev–Trinajstić information content (AvgIpc) is 3.15. The number of carbonyl (C=O) groups excluding carboxylic acids is 1. The van der Waals surface area contributed by atoms with Gasteiger partial charge in [-0.1, -0.05) is 6.07 Å². The van der Waals surface area contributed by atoms with Gasteiger partial charge in [0.05, 0.1) is 23.9 Å². The molecule has 3 aromatic heterocycles. The van der Waals surface area contributed by atoms with Crippen molar-refractivity contribution in [3.05, 3.63) is 42.1 Å². The third-order valence-corrected chi connectivity index (χ3v) is 4.63. The molecule has 0 bridgehead atoms. The first-order valence-corrected chi connectivity index (χ1v) is 9.32. The van der Waals surface area contributed by atoms with Gasteiger partial charge in [0, 0.05) is 18.8 Å². The van der Waals surface area contributed by atoms with Crippen molar-refractivity contribution in [1.82, 2.24) is 24.9 Å². The maximum atomic E-state index is 15.0. The molecule has 1 atom stereocenters. The highest BCUT2D eigenvalue weighted by molar-refractivity contribution is 5.90. The normalized spacial score (nSPS) is 16.9. The minimum absolute atomic E-state index is 0.00275. The Hall–Kier alpha value is -3.07. The monoisotopic (exact) mass is 384 g/mol. The lowest BCUT2D eigenvalue weighted by Crippen LogP contribution is -2.39. The summed E-state index contributed by atoms with van der Waals surface area (Å²) in [6.45, 7) is 3.43. The van der Waals surface area contributed by atoms with E-state index in [-0.39, 0.29) is 30.0 Å². The van der Waals surface area contributed by atoms with Gasteiger partial charge in [0.25, 0.3) is 0 Å². The number of carbonyl (C=O) groups is 1. The number of pyridine rings is 1. The van der Waals surface area contributed by atoms with E-state index < -0.39 is 11.8 Å². The number of hydrogen-bond donors (Lipinski definition) is 2. The summed E-state index contributed by atoms with van der Waals surface area (Å²) in [4.78, 5) is 20.8. The first-order chi connectivity index (χ1) is 13.7. The van der Waals surface area contributed by atoms with Gasteiger partial charge in [-0.3, -0.25) is 0 Å². The van der Waals surface area contributed by atoms with Gasteiger partial charge in [0.1, 0.15) is 0 Å². The zero-order chi connectivity index (χ0) is 19.5. The number of rotatable bonds is 5. The van der Waals surface area contributed by atoms with Crippen LogP contribution in [0.15, 0.2) is 30.6 Å². The van der Waals surface area contributed by atoms with E-state index >= 15 is 4.39 Å². The van der Waals surface area contributed by atoms with Gasteiger partial charge in [0.2, 0.25) is 0 Å². The van der Waals surface area contributed by atoms with Gasteiger partial charge in [-0.05, 0) is 38.4 Å². The summed E-state index contributed by atoms with van der Waals surface area (Å²) in [5.41, 5.74) is 0.985. The Kier molecular flexibility index (Phi) is 5.16. The van der Waals surface area contributed by atoms with Crippen molar-refractivity contribution in [3.63, 3.8) is 0 Å². The Morgan fingerprint density at radius 3 is 3.11 bits per heavy atom. The molecule has 146 valence electrons. The van der Waals surface area contributed by atoms with Crippen LogP contribution in [0.3, 0.4) is 0 Å². The first-order valence-electron chi connectivity index (χ1n) is 9.32. The minimum Gasteiger partial charge on any atom is -0.461 e. The van der Waals surface area contributed by atoms with Gasteiger partial charge in [0.15, 0.2) is 23.2 Å². The second kappa shape index (κ2) is 7.89. The molecule has 2 N–H and O–H groups in total. The third kappa shape index (κ3) is 3.53. The molecule has 0 spiro atoms. The Morgan fingerprint density at radius 2 is 2.32 bits per heavy atom. The number of nitrogens with one attached hydrogen (secondary N) is 2. The SMILES string of the molecule is CCOC(=O)c1nc(-c2cnn3ccccc23)nc(N[C@@H]2CCCNC2)c1F. The number of nitrogens with zero attached hydrogens (tertiary/aromatic N) is 4. The minimum atomic E-state index is -0.815. The Balaban J connectivity index is 1.80. The van der Waals surface area contributed by atoms with E-state index in [1.54, 1.807) is 23.8 Å². The fourth-order valence-corrected chi connectivity index (χ4v) is 3.27. The van der Waals surface area contributed by atoms with Crippen molar-refractivity contribution in [3.8, 4) is 11.4 Å². The largest absolute Gasteiger partial charge is 0.461 e. The van der Waals surface area contributed by atoms with Crippen molar-refractivity contribution in [2.45, 2.75) is 25.8 Å². The van der Waals surface area contributed by atoms with Crippen LogP contribution in [0.1, 0.15) is 30.3 Å². The highest BCUT2D eigenvalue weighted by Gasteiger charge is 2.25. The summed E-state index contributed by atoms with van der Waals surface area (Å²) in [6.07, 6.45) is 5.26. The molecule has 28 heavy (non-hydrogen) atoms. The van der Waals surface area contributed by atoms with Gasteiger partial charge in [-0.2, -0.15) is 5.10 Å². The topological polar surface area (TPSA) is 93.4 Å². The molecule has 0 radical (unpaired) electrons. The number of ether oxygens (including phenoxy) is 1. The van der Waals surface area contributed by atoms with E-state index in [4.69, 9.17) is 4.74 Å². The number of piperidine rings is 1. The molecule has 1 saturated heterocycles. The number of hydrogen-bond acceptors (Lipinski definition) is 7. The number of aromatic nitrogens is 4. The molecule has 4 rings (SSSR count). The van der Waals surface area contributed by atoms with E-state index in [9.17, 15) is 4.79 Å². The van der Waals surface area contributed by atoms with Crippen LogP contribution in [0.4, 0.5) is 10.2 Å². The van der Waals surface area contributed by atoms with E-state index in [2.05, 4.69) is 25.7 Å². The predicted octanol–water partition coefficient (Wildman–Crippen LogP) is 2.27.